The second kappa shape index (κ2) is 16.6. The summed E-state index contributed by atoms with van der Waals surface area (Å²) in [7, 11) is -2.64. The first-order valence-electron chi connectivity index (χ1n) is 15.7. The molecular formula is C37H43N3O6S. The number of rotatable bonds is 16. The molecule has 0 radical (unpaired) electrons. The number of nitrogens with zero attached hydrogens (tertiary/aromatic N) is 2. The summed E-state index contributed by atoms with van der Waals surface area (Å²) in [5, 5.41) is 3.05. The van der Waals surface area contributed by atoms with Gasteiger partial charge in [0.05, 0.1) is 24.3 Å². The van der Waals surface area contributed by atoms with E-state index < -0.39 is 28.5 Å². The highest BCUT2D eigenvalue weighted by Crippen LogP contribution is 2.27. The van der Waals surface area contributed by atoms with Gasteiger partial charge in [-0.1, -0.05) is 67.6 Å². The third-order valence-electron chi connectivity index (χ3n) is 7.80. The second-order valence-corrected chi connectivity index (χ2v) is 13.0. The van der Waals surface area contributed by atoms with Crippen molar-refractivity contribution in [2.24, 2.45) is 0 Å². The van der Waals surface area contributed by atoms with Gasteiger partial charge in [0.25, 0.3) is 10.0 Å². The van der Waals surface area contributed by atoms with Crippen molar-refractivity contribution < 1.29 is 27.5 Å². The lowest BCUT2D eigenvalue weighted by molar-refractivity contribution is -0.140. The summed E-state index contributed by atoms with van der Waals surface area (Å²) in [6.07, 6.45) is 0.932. The Hall–Kier alpha value is -4.83. The Morgan fingerprint density at radius 3 is 2.06 bits per heavy atom. The predicted molar refractivity (Wildman–Crippen MR) is 184 cm³/mol. The molecule has 0 saturated heterocycles. The monoisotopic (exact) mass is 657 g/mol. The van der Waals surface area contributed by atoms with E-state index in [0.29, 0.717) is 24.5 Å². The van der Waals surface area contributed by atoms with Crippen LogP contribution in [0.4, 0.5) is 5.69 Å². The lowest BCUT2D eigenvalue weighted by Gasteiger charge is -2.34. The summed E-state index contributed by atoms with van der Waals surface area (Å²) in [5.41, 5.74) is 1.88. The molecule has 0 aliphatic rings. The molecule has 0 aromatic heterocycles. The van der Waals surface area contributed by atoms with E-state index in [4.69, 9.17) is 9.47 Å². The smallest absolute Gasteiger partial charge is 0.264 e. The van der Waals surface area contributed by atoms with Crippen LogP contribution < -0.4 is 19.1 Å². The van der Waals surface area contributed by atoms with Gasteiger partial charge in [-0.15, -0.1) is 0 Å². The number of hydrogen-bond donors (Lipinski definition) is 1. The Kier molecular flexibility index (Phi) is 12.4. The maximum absolute atomic E-state index is 14.6. The topological polar surface area (TPSA) is 105 Å². The Balaban J connectivity index is 1.81. The first-order valence-corrected chi connectivity index (χ1v) is 17.2. The van der Waals surface area contributed by atoms with E-state index in [1.165, 1.54) is 17.0 Å². The molecule has 0 aliphatic heterocycles. The van der Waals surface area contributed by atoms with Crippen molar-refractivity contribution >= 4 is 27.5 Å². The largest absolute Gasteiger partial charge is 0.497 e. The molecule has 1 N–H and O–H groups in total. The molecule has 4 aromatic carbocycles. The Morgan fingerprint density at radius 1 is 0.809 bits per heavy atom. The molecule has 0 heterocycles. The summed E-state index contributed by atoms with van der Waals surface area (Å²) >= 11 is 0. The average molecular weight is 658 g/mol. The van der Waals surface area contributed by atoms with E-state index in [0.717, 1.165) is 15.4 Å². The van der Waals surface area contributed by atoms with E-state index in [1.54, 1.807) is 61.7 Å². The fourth-order valence-electron chi connectivity index (χ4n) is 5.09. The Bertz CT molecular complexity index is 1700. The minimum absolute atomic E-state index is 0.0383. The quantitative estimate of drug-likeness (QED) is 0.162. The third kappa shape index (κ3) is 9.36. The van der Waals surface area contributed by atoms with E-state index >= 15 is 0 Å². The fraction of sp³-hybridized carbons (Fsp3) is 0.297. The first kappa shape index (κ1) is 35.0. The number of nitrogens with one attached hydrogen (secondary N) is 1. The minimum atomic E-state index is -4.19. The van der Waals surface area contributed by atoms with Crippen LogP contribution in [0.2, 0.25) is 0 Å². The van der Waals surface area contributed by atoms with E-state index in [1.807, 2.05) is 63.2 Å². The molecule has 0 fully saturated rings. The summed E-state index contributed by atoms with van der Waals surface area (Å²) in [6, 6.07) is 30.2. The Labute approximate surface area is 278 Å². The van der Waals surface area contributed by atoms with Crippen LogP contribution in [-0.2, 0) is 32.6 Å². The maximum atomic E-state index is 14.6. The molecule has 47 heavy (non-hydrogen) atoms. The summed E-state index contributed by atoms with van der Waals surface area (Å²) in [4.78, 5) is 30.1. The number of ether oxygens (including phenoxy) is 2. The lowest BCUT2D eigenvalue weighted by atomic mass is 10.0. The summed E-state index contributed by atoms with van der Waals surface area (Å²) < 4.78 is 40.4. The van der Waals surface area contributed by atoms with Gasteiger partial charge in [-0.2, -0.15) is 0 Å². The average Bonchev–Trinajstić information content (AvgIpc) is 3.10. The van der Waals surface area contributed by atoms with Crippen LogP contribution in [0.3, 0.4) is 0 Å². The number of methoxy groups -OCH3 is 1. The van der Waals surface area contributed by atoms with Crippen molar-refractivity contribution in [1.29, 1.82) is 0 Å². The molecule has 4 rings (SSSR count). The molecule has 2 amide bonds. The molecule has 2 atom stereocenters. The highest BCUT2D eigenvalue weighted by atomic mass is 32.2. The van der Waals surface area contributed by atoms with E-state index in [2.05, 4.69) is 5.32 Å². The van der Waals surface area contributed by atoms with Gasteiger partial charge in [-0.3, -0.25) is 13.9 Å². The van der Waals surface area contributed by atoms with Gasteiger partial charge in [0.1, 0.15) is 24.1 Å². The van der Waals surface area contributed by atoms with Gasteiger partial charge in [-0.05, 0) is 79.9 Å². The highest BCUT2D eigenvalue weighted by molar-refractivity contribution is 7.92. The number of carbonyl (C=O) groups is 2. The number of sulfonamides is 1. The van der Waals surface area contributed by atoms with E-state index in [-0.39, 0.29) is 35.5 Å². The van der Waals surface area contributed by atoms with Crippen LogP contribution in [0.25, 0.3) is 0 Å². The van der Waals surface area contributed by atoms with Gasteiger partial charge >= 0.3 is 0 Å². The minimum Gasteiger partial charge on any atom is -0.497 e. The number of anilines is 1. The van der Waals surface area contributed by atoms with Gasteiger partial charge < -0.3 is 19.7 Å². The van der Waals surface area contributed by atoms with Gasteiger partial charge in [0.15, 0.2) is 0 Å². The zero-order valence-corrected chi connectivity index (χ0v) is 28.2. The van der Waals surface area contributed by atoms with Crippen LogP contribution in [0.15, 0.2) is 114 Å². The number of benzene rings is 4. The second-order valence-electron chi connectivity index (χ2n) is 11.1. The summed E-state index contributed by atoms with van der Waals surface area (Å²) in [5.74, 6) is 0.310. The van der Waals surface area contributed by atoms with E-state index in [9.17, 15) is 18.0 Å². The fourth-order valence-corrected chi connectivity index (χ4v) is 6.52. The molecule has 10 heteroatoms. The lowest BCUT2D eigenvalue weighted by Crippen LogP contribution is -2.54. The normalized spacial score (nSPS) is 12.4. The summed E-state index contributed by atoms with van der Waals surface area (Å²) in [6.45, 7) is 5.69. The van der Waals surface area contributed by atoms with Crippen LogP contribution in [0.5, 0.6) is 11.5 Å². The van der Waals surface area contributed by atoms with Crippen LogP contribution >= 0.6 is 0 Å². The molecule has 248 valence electrons. The number of carbonyl (C=O) groups excluding carboxylic acids is 2. The van der Waals surface area contributed by atoms with Crippen molar-refractivity contribution in [2.45, 2.75) is 57.1 Å². The SMILES string of the molecule is CCOc1ccc(N(CC(=O)N(Cc2cccc(OC)c2)[C@@H](Cc2ccccc2)C(=O)N[C@H](C)CC)S(=O)(=O)c2ccccc2)cc1. The van der Waals surface area contributed by atoms with Crippen molar-refractivity contribution in [3.63, 3.8) is 0 Å². The van der Waals surface area contributed by atoms with Crippen molar-refractivity contribution in [2.75, 3.05) is 24.6 Å². The van der Waals surface area contributed by atoms with Gasteiger partial charge in [0, 0.05) is 19.0 Å². The molecule has 0 spiro atoms. The van der Waals surface area contributed by atoms with Crippen molar-refractivity contribution in [3.8, 4) is 11.5 Å². The van der Waals surface area contributed by atoms with Gasteiger partial charge in [-0.25, -0.2) is 8.42 Å². The standard InChI is InChI=1S/C37H43N3O6S/c1-5-28(3)38-37(42)35(25-29-14-9-7-10-15-29)39(26-30-16-13-17-33(24-30)45-4)36(41)27-40(31-20-22-32(23-21-31)46-6-2)47(43,44)34-18-11-8-12-19-34/h7-24,28,35H,5-6,25-27H2,1-4H3,(H,38,42)/t28-,35+/m1/s1. The number of hydrogen-bond acceptors (Lipinski definition) is 6. The Morgan fingerprint density at radius 2 is 1.45 bits per heavy atom. The zero-order valence-electron chi connectivity index (χ0n) is 27.3. The van der Waals surface area contributed by atoms with Crippen LogP contribution in [0.1, 0.15) is 38.3 Å². The molecule has 0 bridgehead atoms. The predicted octanol–water partition coefficient (Wildman–Crippen LogP) is 5.84. The molecule has 9 nitrogen and oxygen atoms in total. The van der Waals surface area contributed by atoms with Crippen molar-refractivity contribution in [1.82, 2.24) is 10.2 Å². The molecule has 4 aromatic rings. The highest BCUT2D eigenvalue weighted by Gasteiger charge is 2.35. The van der Waals surface area contributed by atoms with Crippen LogP contribution in [-0.4, -0.2) is 57.5 Å². The third-order valence-corrected chi connectivity index (χ3v) is 9.59. The maximum Gasteiger partial charge on any atom is 0.264 e. The first-order chi connectivity index (χ1) is 22.7. The molecular weight excluding hydrogens is 614 g/mol. The van der Waals surface area contributed by atoms with Crippen LogP contribution in [0, 0.1) is 0 Å². The van der Waals surface area contributed by atoms with Crippen molar-refractivity contribution in [3.05, 3.63) is 120 Å². The van der Waals surface area contributed by atoms with Gasteiger partial charge in [0.2, 0.25) is 11.8 Å². The zero-order chi connectivity index (χ0) is 33.8. The number of amides is 2. The molecule has 0 saturated carbocycles. The molecule has 0 aliphatic carbocycles. The molecule has 0 unspecified atom stereocenters.